The fourth-order valence-corrected chi connectivity index (χ4v) is 4.52. The van der Waals surface area contributed by atoms with Crippen molar-refractivity contribution < 1.29 is 13.2 Å². The number of nitrogens with one attached hydrogen (secondary N) is 2. The van der Waals surface area contributed by atoms with Crippen LogP contribution in [0.25, 0.3) is 0 Å². The van der Waals surface area contributed by atoms with E-state index in [0.29, 0.717) is 29.4 Å². The Labute approximate surface area is 151 Å². The Morgan fingerprint density at radius 1 is 1.24 bits per heavy atom. The van der Waals surface area contributed by atoms with Gasteiger partial charge in [-0.25, -0.2) is 8.42 Å². The molecular formula is C17H19N3O3S2. The Morgan fingerprint density at radius 3 is 2.68 bits per heavy atom. The minimum Gasteiger partial charge on any atom is -0.321 e. The molecule has 0 bridgehead atoms. The zero-order valence-corrected chi connectivity index (χ0v) is 15.6. The average molecular weight is 377 g/mol. The van der Waals surface area contributed by atoms with Gasteiger partial charge < -0.3 is 5.32 Å². The third-order valence-corrected chi connectivity index (χ3v) is 6.45. The van der Waals surface area contributed by atoms with E-state index in [4.69, 9.17) is 0 Å². The molecule has 6 nitrogen and oxygen atoms in total. The summed E-state index contributed by atoms with van der Waals surface area (Å²) in [5.41, 5.74) is 1.50. The highest BCUT2D eigenvalue weighted by molar-refractivity contribution is 7.90. The van der Waals surface area contributed by atoms with Gasteiger partial charge in [-0.1, -0.05) is 6.07 Å². The fourth-order valence-electron chi connectivity index (χ4n) is 2.46. The van der Waals surface area contributed by atoms with Crippen LogP contribution in [0.1, 0.15) is 33.0 Å². The van der Waals surface area contributed by atoms with Gasteiger partial charge in [-0.15, -0.1) is 11.3 Å². The molecule has 1 aromatic heterocycles. The van der Waals surface area contributed by atoms with Gasteiger partial charge in [0.05, 0.1) is 9.77 Å². The minimum absolute atomic E-state index is 0.0958. The molecule has 0 unspecified atom stereocenters. The fraction of sp³-hybridized carbons (Fsp3) is 0.294. The van der Waals surface area contributed by atoms with Gasteiger partial charge in [0.1, 0.15) is 5.84 Å². The van der Waals surface area contributed by atoms with Crippen LogP contribution in [0.3, 0.4) is 0 Å². The second-order valence-corrected chi connectivity index (χ2v) is 8.81. The van der Waals surface area contributed by atoms with Crippen LogP contribution >= 0.6 is 11.3 Å². The number of benzene rings is 1. The molecule has 1 amide bonds. The normalized spacial score (nSPS) is 14.2. The first-order valence-corrected chi connectivity index (χ1v) is 10.2. The van der Waals surface area contributed by atoms with Crippen molar-refractivity contribution in [3.8, 4) is 0 Å². The van der Waals surface area contributed by atoms with Crippen molar-refractivity contribution in [2.45, 2.75) is 31.6 Å². The lowest BCUT2D eigenvalue weighted by molar-refractivity contribution is 0.103. The Balaban J connectivity index is 1.78. The van der Waals surface area contributed by atoms with E-state index in [2.05, 4.69) is 15.0 Å². The molecule has 0 aliphatic carbocycles. The Bertz CT molecular complexity index is 926. The van der Waals surface area contributed by atoms with Crippen molar-refractivity contribution in [2.24, 2.45) is 4.99 Å². The molecule has 1 aliphatic heterocycles. The number of aliphatic imine (C=N–C) groups is 1. The van der Waals surface area contributed by atoms with E-state index >= 15 is 0 Å². The van der Waals surface area contributed by atoms with Crippen LogP contribution in [0.4, 0.5) is 5.69 Å². The molecule has 0 spiro atoms. The quantitative estimate of drug-likeness (QED) is 0.858. The summed E-state index contributed by atoms with van der Waals surface area (Å²) in [6.45, 7) is 4.56. The van der Waals surface area contributed by atoms with Crippen molar-refractivity contribution in [1.29, 1.82) is 0 Å². The molecular weight excluding hydrogens is 358 g/mol. The minimum atomic E-state index is -3.70. The molecule has 2 aromatic rings. The third kappa shape index (κ3) is 4.08. The maximum absolute atomic E-state index is 12.4. The van der Waals surface area contributed by atoms with Crippen LogP contribution in [0.5, 0.6) is 0 Å². The van der Waals surface area contributed by atoms with E-state index in [1.54, 1.807) is 12.1 Å². The van der Waals surface area contributed by atoms with Gasteiger partial charge in [0.15, 0.2) is 0 Å². The molecule has 0 atom stereocenters. The number of anilines is 1. The number of sulfonamides is 1. The van der Waals surface area contributed by atoms with Gasteiger partial charge in [0.2, 0.25) is 0 Å². The number of aryl methyl sites for hydroxylation is 2. The van der Waals surface area contributed by atoms with E-state index < -0.39 is 10.0 Å². The summed E-state index contributed by atoms with van der Waals surface area (Å²) in [6.07, 6.45) is 1.49. The lowest BCUT2D eigenvalue weighted by Gasteiger charge is -2.09. The van der Waals surface area contributed by atoms with Crippen LogP contribution in [0.15, 0.2) is 40.2 Å². The highest BCUT2D eigenvalue weighted by Crippen LogP contribution is 2.22. The lowest BCUT2D eigenvalue weighted by Crippen LogP contribution is -2.29. The molecule has 8 heteroatoms. The zero-order valence-electron chi connectivity index (χ0n) is 14.0. The molecule has 0 radical (unpaired) electrons. The second kappa shape index (κ2) is 6.97. The first kappa shape index (κ1) is 17.6. The summed E-state index contributed by atoms with van der Waals surface area (Å²) in [7, 11) is -3.70. The van der Waals surface area contributed by atoms with E-state index in [1.165, 1.54) is 23.5 Å². The Morgan fingerprint density at radius 2 is 2.04 bits per heavy atom. The van der Waals surface area contributed by atoms with E-state index in [1.807, 2.05) is 19.9 Å². The van der Waals surface area contributed by atoms with Crippen LogP contribution in [0.2, 0.25) is 0 Å². The number of thiophene rings is 1. The molecule has 25 heavy (non-hydrogen) atoms. The smallest absolute Gasteiger partial charge is 0.265 e. The number of nitrogens with zero attached hydrogens (tertiary/aromatic N) is 1. The summed E-state index contributed by atoms with van der Waals surface area (Å²) >= 11 is 1.41. The van der Waals surface area contributed by atoms with E-state index in [9.17, 15) is 13.2 Å². The highest BCUT2D eigenvalue weighted by atomic mass is 32.2. The first-order valence-electron chi connectivity index (χ1n) is 7.90. The molecule has 132 valence electrons. The largest absolute Gasteiger partial charge is 0.321 e. The van der Waals surface area contributed by atoms with Crippen molar-refractivity contribution in [3.63, 3.8) is 0 Å². The molecule has 0 fully saturated rings. The predicted octanol–water partition coefficient (Wildman–Crippen LogP) is 3.09. The van der Waals surface area contributed by atoms with Gasteiger partial charge >= 0.3 is 0 Å². The number of rotatable bonds is 4. The number of hydrogen-bond acceptors (Lipinski definition) is 5. The van der Waals surface area contributed by atoms with E-state index in [-0.39, 0.29) is 10.8 Å². The van der Waals surface area contributed by atoms with Crippen molar-refractivity contribution in [2.75, 3.05) is 11.9 Å². The van der Waals surface area contributed by atoms with Gasteiger partial charge in [-0.2, -0.15) is 0 Å². The van der Waals surface area contributed by atoms with Crippen molar-refractivity contribution >= 4 is 38.8 Å². The predicted molar refractivity (Wildman–Crippen MR) is 100 cm³/mol. The summed E-state index contributed by atoms with van der Waals surface area (Å²) in [6, 6.07) is 8.04. The Hall–Kier alpha value is -2.19. The number of hydrogen-bond donors (Lipinski definition) is 2. The summed E-state index contributed by atoms with van der Waals surface area (Å²) in [5, 5.41) is 2.75. The monoisotopic (exact) mass is 377 g/mol. The number of carbonyl (C=O) groups excluding carboxylic acids is 1. The van der Waals surface area contributed by atoms with Gasteiger partial charge in [-0.3, -0.25) is 14.5 Å². The molecule has 2 heterocycles. The van der Waals surface area contributed by atoms with E-state index in [0.717, 1.165) is 16.9 Å². The van der Waals surface area contributed by atoms with Crippen LogP contribution in [0, 0.1) is 13.8 Å². The molecule has 3 rings (SSSR count). The lowest BCUT2D eigenvalue weighted by atomic mass is 10.2. The zero-order chi connectivity index (χ0) is 18.0. The van der Waals surface area contributed by atoms with Gasteiger partial charge in [-0.05, 0) is 50.1 Å². The van der Waals surface area contributed by atoms with Gasteiger partial charge in [0, 0.05) is 23.5 Å². The molecule has 0 saturated heterocycles. The summed E-state index contributed by atoms with van der Waals surface area (Å²) in [5.74, 6) is 0.239. The maximum Gasteiger partial charge on any atom is 0.265 e. The van der Waals surface area contributed by atoms with Crippen LogP contribution < -0.4 is 10.0 Å². The van der Waals surface area contributed by atoms with Crippen LogP contribution in [-0.4, -0.2) is 26.7 Å². The molecule has 2 N–H and O–H groups in total. The number of amides is 1. The molecule has 1 aliphatic rings. The number of carbonyl (C=O) groups is 1. The standard InChI is InChI=1S/C17H19N3O3S2/c1-11-9-15(24-12(11)2)17(21)19-13-5-3-6-14(10-13)25(22,23)20-16-7-4-8-18-16/h3,5-6,9-10H,4,7-8H2,1-2H3,(H,18,20)(H,19,21). The maximum atomic E-state index is 12.4. The second-order valence-electron chi connectivity index (χ2n) is 5.87. The highest BCUT2D eigenvalue weighted by Gasteiger charge is 2.19. The van der Waals surface area contributed by atoms with Crippen molar-refractivity contribution in [3.05, 3.63) is 45.6 Å². The Kier molecular flexibility index (Phi) is 4.91. The summed E-state index contributed by atoms with van der Waals surface area (Å²) in [4.78, 5) is 18.2. The first-order chi connectivity index (χ1) is 11.8. The van der Waals surface area contributed by atoms with Crippen molar-refractivity contribution in [1.82, 2.24) is 4.72 Å². The number of amidine groups is 1. The SMILES string of the molecule is Cc1cc(C(=O)Nc2cccc(S(=O)(=O)NC3=NCCC3)c2)sc1C. The van der Waals surface area contributed by atoms with Gasteiger partial charge in [0.25, 0.3) is 15.9 Å². The summed E-state index contributed by atoms with van der Waals surface area (Å²) < 4.78 is 27.4. The van der Waals surface area contributed by atoms with Crippen LogP contribution in [-0.2, 0) is 10.0 Å². The molecule has 1 aromatic carbocycles. The topological polar surface area (TPSA) is 87.6 Å². The third-order valence-electron chi connectivity index (χ3n) is 3.92. The molecule has 0 saturated carbocycles. The average Bonchev–Trinajstić information content (AvgIpc) is 3.17.